The summed E-state index contributed by atoms with van der Waals surface area (Å²) >= 11 is 0. The molecule has 4 rings (SSSR count). The number of hydrogen-bond donors (Lipinski definition) is 0. The molecule has 0 aromatic carbocycles. The van der Waals surface area contributed by atoms with Crippen LogP contribution < -0.4 is 0 Å². The molecule has 0 unspecified atom stereocenters. The van der Waals surface area contributed by atoms with Gasteiger partial charge in [-0.05, 0) is 56.3 Å². The van der Waals surface area contributed by atoms with Gasteiger partial charge in [-0.2, -0.15) is 0 Å². The van der Waals surface area contributed by atoms with Crippen molar-refractivity contribution in [2.75, 3.05) is 32.7 Å². The molecule has 2 heteroatoms. The molecule has 2 nitrogen and oxygen atoms in total. The fourth-order valence-electron chi connectivity index (χ4n) is 5.32. The van der Waals surface area contributed by atoms with Crippen LogP contribution in [0.5, 0.6) is 0 Å². The largest absolute Gasteiger partial charge is 0.301 e. The Morgan fingerprint density at radius 1 is 0.900 bits per heavy atom. The summed E-state index contributed by atoms with van der Waals surface area (Å²) in [6.45, 7) is 6.70. The van der Waals surface area contributed by atoms with E-state index >= 15 is 0 Å². The zero-order chi connectivity index (χ0) is 13.4. The van der Waals surface area contributed by atoms with Crippen LogP contribution in [-0.2, 0) is 0 Å². The smallest absolute Gasteiger partial charge is 0.0127 e. The minimum Gasteiger partial charge on any atom is -0.301 e. The van der Waals surface area contributed by atoms with Crippen LogP contribution >= 0.6 is 0 Å². The Hall–Kier alpha value is -0.340. The van der Waals surface area contributed by atoms with Crippen molar-refractivity contribution in [2.24, 2.45) is 17.8 Å². The van der Waals surface area contributed by atoms with Gasteiger partial charge in [0.1, 0.15) is 0 Å². The molecular weight excluding hydrogens is 244 g/mol. The molecule has 1 heterocycles. The first-order chi connectivity index (χ1) is 9.88. The molecule has 0 spiro atoms. The summed E-state index contributed by atoms with van der Waals surface area (Å²) in [5.74, 6) is 3.10. The van der Waals surface area contributed by atoms with Gasteiger partial charge in [0.2, 0.25) is 0 Å². The summed E-state index contributed by atoms with van der Waals surface area (Å²) in [7, 11) is 0. The number of rotatable bonds is 3. The van der Waals surface area contributed by atoms with Crippen molar-refractivity contribution >= 4 is 0 Å². The second-order valence-corrected chi connectivity index (χ2v) is 7.73. The lowest BCUT2D eigenvalue weighted by molar-refractivity contribution is 0.0631. The summed E-state index contributed by atoms with van der Waals surface area (Å²) < 4.78 is 0. The highest BCUT2D eigenvalue weighted by Crippen LogP contribution is 2.46. The maximum absolute atomic E-state index is 2.85. The lowest BCUT2D eigenvalue weighted by Crippen LogP contribution is -2.52. The monoisotopic (exact) mass is 274 g/mol. The molecule has 0 radical (unpaired) electrons. The van der Waals surface area contributed by atoms with Crippen LogP contribution in [0.3, 0.4) is 0 Å². The van der Waals surface area contributed by atoms with Crippen molar-refractivity contribution in [1.82, 2.24) is 9.80 Å². The quantitative estimate of drug-likeness (QED) is 0.730. The van der Waals surface area contributed by atoms with E-state index in [1.54, 1.807) is 6.42 Å². The Labute approximate surface area is 124 Å². The van der Waals surface area contributed by atoms with Crippen molar-refractivity contribution in [3.05, 3.63) is 12.2 Å². The third kappa shape index (κ3) is 2.69. The summed E-state index contributed by atoms with van der Waals surface area (Å²) in [6.07, 6.45) is 15.0. The topological polar surface area (TPSA) is 6.48 Å². The van der Waals surface area contributed by atoms with E-state index in [0.29, 0.717) is 0 Å². The van der Waals surface area contributed by atoms with Gasteiger partial charge < -0.3 is 4.90 Å². The highest BCUT2D eigenvalue weighted by molar-refractivity contribution is 4.97. The molecule has 1 saturated heterocycles. The molecular formula is C18H30N2. The van der Waals surface area contributed by atoms with Crippen LogP contribution in [0.15, 0.2) is 12.2 Å². The lowest BCUT2D eigenvalue weighted by atomic mass is 9.92. The molecule has 0 aromatic rings. The maximum atomic E-state index is 2.85. The van der Waals surface area contributed by atoms with E-state index in [2.05, 4.69) is 22.0 Å². The molecule has 4 aliphatic rings. The second kappa shape index (κ2) is 5.81. The molecule has 3 aliphatic carbocycles. The molecule has 2 saturated carbocycles. The molecule has 4 atom stereocenters. The molecule has 0 aromatic heterocycles. The fourth-order valence-corrected chi connectivity index (χ4v) is 5.32. The van der Waals surface area contributed by atoms with E-state index in [4.69, 9.17) is 0 Å². The number of allylic oxidation sites excluding steroid dienone is 2. The van der Waals surface area contributed by atoms with E-state index in [1.165, 1.54) is 71.2 Å². The normalized spacial score (nSPS) is 42.4. The van der Waals surface area contributed by atoms with Gasteiger partial charge in [-0.25, -0.2) is 0 Å². The molecule has 0 N–H and O–H groups in total. The van der Waals surface area contributed by atoms with Crippen LogP contribution in [0.1, 0.15) is 44.9 Å². The lowest BCUT2D eigenvalue weighted by Gasteiger charge is -2.42. The highest BCUT2D eigenvalue weighted by Gasteiger charge is 2.42. The molecule has 2 bridgehead atoms. The fraction of sp³-hybridized carbons (Fsp3) is 0.889. The Morgan fingerprint density at radius 2 is 1.80 bits per heavy atom. The first kappa shape index (κ1) is 13.3. The van der Waals surface area contributed by atoms with Crippen molar-refractivity contribution in [3.63, 3.8) is 0 Å². The zero-order valence-electron chi connectivity index (χ0n) is 12.8. The molecule has 0 amide bonds. The first-order valence-electron chi connectivity index (χ1n) is 9.00. The Kier molecular flexibility index (Phi) is 3.87. The van der Waals surface area contributed by atoms with Crippen molar-refractivity contribution < 1.29 is 0 Å². The highest BCUT2D eigenvalue weighted by atomic mass is 15.3. The van der Waals surface area contributed by atoms with Gasteiger partial charge in [-0.1, -0.05) is 18.6 Å². The SMILES string of the molecule is C1=CC[C@H](CN2CCN([C@H]3C[C@@H]4CC[C@@H]3C4)CC2)CC1. The van der Waals surface area contributed by atoms with Crippen LogP contribution in [0.25, 0.3) is 0 Å². The van der Waals surface area contributed by atoms with Gasteiger partial charge in [0.15, 0.2) is 0 Å². The second-order valence-electron chi connectivity index (χ2n) is 7.73. The van der Waals surface area contributed by atoms with Crippen molar-refractivity contribution in [3.8, 4) is 0 Å². The third-order valence-electron chi connectivity index (χ3n) is 6.47. The van der Waals surface area contributed by atoms with E-state index < -0.39 is 0 Å². The third-order valence-corrected chi connectivity index (χ3v) is 6.47. The van der Waals surface area contributed by atoms with Crippen LogP contribution in [0.2, 0.25) is 0 Å². The summed E-state index contributed by atoms with van der Waals surface area (Å²) in [5.41, 5.74) is 0. The summed E-state index contributed by atoms with van der Waals surface area (Å²) in [5, 5.41) is 0. The predicted octanol–water partition coefficient (Wildman–Crippen LogP) is 3.15. The molecule has 3 fully saturated rings. The van der Waals surface area contributed by atoms with Crippen LogP contribution in [0, 0.1) is 17.8 Å². The van der Waals surface area contributed by atoms with E-state index in [-0.39, 0.29) is 0 Å². The Morgan fingerprint density at radius 3 is 2.45 bits per heavy atom. The van der Waals surface area contributed by atoms with Crippen molar-refractivity contribution in [1.29, 1.82) is 0 Å². The maximum Gasteiger partial charge on any atom is 0.0127 e. The average molecular weight is 274 g/mol. The van der Waals surface area contributed by atoms with E-state index in [0.717, 1.165) is 23.8 Å². The van der Waals surface area contributed by atoms with E-state index in [1.807, 2.05) is 0 Å². The average Bonchev–Trinajstić information content (AvgIpc) is 3.12. The molecule has 20 heavy (non-hydrogen) atoms. The molecule has 112 valence electrons. The number of piperazine rings is 1. The van der Waals surface area contributed by atoms with Gasteiger partial charge in [-0.15, -0.1) is 0 Å². The van der Waals surface area contributed by atoms with Crippen LogP contribution in [0.4, 0.5) is 0 Å². The standard InChI is InChI=1S/C18H30N2/c1-2-4-15(5-3-1)14-19-8-10-20(11-9-19)18-13-16-6-7-17(18)12-16/h1-2,15-18H,3-14H2/t15-,16+,17+,18-/m0/s1. The van der Waals surface area contributed by atoms with Gasteiger partial charge in [0.25, 0.3) is 0 Å². The van der Waals surface area contributed by atoms with Gasteiger partial charge in [0.05, 0.1) is 0 Å². The van der Waals surface area contributed by atoms with Gasteiger partial charge in [-0.3, -0.25) is 4.90 Å². The minimum absolute atomic E-state index is 0.939. The van der Waals surface area contributed by atoms with E-state index in [9.17, 15) is 0 Å². The Bertz CT molecular complexity index is 356. The zero-order valence-corrected chi connectivity index (χ0v) is 12.8. The van der Waals surface area contributed by atoms with Crippen LogP contribution in [-0.4, -0.2) is 48.6 Å². The number of nitrogens with zero attached hydrogens (tertiary/aromatic N) is 2. The minimum atomic E-state index is 0.939. The van der Waals surface area contributed by atoms with Gasteiger partial charge >= 0.3 is 0 Å². The predicted molar refractivity (Wildman–Crippen MR) is 83.7 cm³/mol. The summed E-state index contributed by atoms with van der Waals surface area (Å²) in [4.78, 5) is 5.59. The van der Waals surface area contributed by atoms with Gasteiger partial charge in [0, 0.05) is 38.8 Å². The van der Waals surface area contributed by atoms with Crippen molar-refractivity contribution in [2.45, 2.75) is 51.0 Å². The number of hydrogen-bond acceptors (Lipinski definition) is 2. The summed E-state index contributed by atoms with van der Waals surface area (Å²) in [6, 6.07) is 0.966. The Balaban J connectivity index is 1.25. The first-order valence-corrected chi connectivity index (χ1v) is 9.00. The molecule has 1 aliphatic heterocycles. The number of fused-ring (bicyclic) bond motifs is 2.